The highest BCUT2D eigenvalue weighted by Gasteiger charge is 2.20. The second-order valence-electron chi connectivity index (χ2n) is 14.7. The van der Waals surface area contributed by atoms with Crippen LogP contribution < -0.4 is 0 Å². The molecule has 0 spiro atoms. The molecule has 3 aliphatic rings. The minimum atomic E-state index is 0.778. The quantitative estimate of drug-likeness (QED) is 0.190. The van der Waals surface area contributed by atoms with Crippen LogP contribution in [0, 0.1) is 5.92 Å². The lowest BCUT2D eigenvalue weighted by atomic mass is 9.84. The van der Waals surface area contributed by atoms with E-state index in [1.807, 2.05) is 0 Å². The Labute approximate surface area is 281 Å². The number of rotatable bonds is 14. The van der Waals surface area contributed by atoms with Crippen molar-refractivity contribution >= 4 is 23.5 Å². The molecule has 0 unspecified atom stereocenters. The lowest BCUT2D eigenvalue weighted by Crippen LogP contribution is -2.14. The summed E-state index contributed by atoms with van der Waals surface area (Å²) in [5, 5.41) is 0.939. The summed E-state index contributed by atoms with van der Waals surface area (Å²) in [5.41, 5.74) is 9.80. The number of benzene rings is 2. The molecule has 0 aliphatic heterocycles. The molecule has 3 saturated carbocycles. The van der Waals surface area contributed by atoms with Gasteiger partial charge in [0.25, 0.3) is 0 Å². The maximum absolute atomic E-state index is 2.69. The van der Waals surface area contributed by atoms with E-state index < -0.39 is 0 Å². The Bertz CT molecular complexity index is 1070. The molecule has 3 fully saturated rings. The molecule has 244 valence electrons. The summed E-state index contributed by atoms with van der Waals surface area (Å²) in [7, 11) is 0. The summed E-state index contributed by atoms with van der Waals surface area (Å²) in [5.74, 6) is 5.54. The van der Waals surface area contributed by atoms with E-state index in [1.54, 1.807) is 33.4 Å². The van der Waals surface area contributed by atoms with Gasteiger partial charge in [-0.2, -0.15) is 23.5 Å². The molecule has 44 heavy (non-hydrogen) atoms. The van der Waals surface area contributed by atoms with Gasteiger partial charge in [-0.3, -0.25) is 0 Å². The minimum absolute atomic E-state index is 0.778. The zero-order valence-electron chi connectivity index (χ0n) is 28.4. The zero-order valence-corrected chi connectivity index (χ0v) is 30.0. The van der Waals surface area contributed by atoms with Gasteiger partial charge < -0.3 is 0 Å². The fourth-order valence-corrected chi connectivity index (χ4v) is 10.3. The molecular weight excluding hydrogens is 569 g/mol. The van der Waals surface area contributed by atoms with Crippen molar-refractivity contribution in [1.82, 2.24) is 0 Å². The molecule has 0 radical (unpaired) electrons. The fourth-order valence-electron chi connectivity index (χ4n) is 8.07. The normalized spacial score (nSPS) is 19.8. The van der Waals surface area contributed by atoms with Crippen molar-refractivity contribution in [3.05, 3.63) is 69.8 Å². The van der Waals surface area contributed by atoms with Gasteiger partial charge in [0, 0.05) is 5.25 Å². The van der Waals surface area contributed by atoms with Crippen LogP contribution in [0.5, 0.6) is 0 Å². The van der Waals surface area contributed by atoms with Crippen molar-refractivity contribution in [3.8, 4) is 0 Å². The average Bonchev–Trinajstić information content (AvgIpc) is 3.14. The van der Waals surface area contributed by atoms with Crippen LogP contribution >= 0.6 is 23.5 Å². The highest BCUT2D eigenvalue weighted by Crippen LogP contribution is 2.35. The average molecular weight is 633 g/mol. The van der Waals surface area contributed by atoms with E-state index in [1.165, 1.54) is 159 Å². The van der Waals surface area contributed by atoms with Gasteiger partial charge in [0.2, 0.25) is 0 Å². The second kappa shape index (κ2) is 19.7. The SMILES string of the molecule is CCCSCCc1cc(Cc2ccc(C3CCCCCCCC3)cc2CCSC2CCC2)ccc1CC1CCCCCCC1. The van der Waals surface area contributed by atoms with Crippen LogP contribution in [0.4, 0.5) is 0 Å². The third-order valence-corrected chi connectivity index (χ3v) is 13.7. The van der Waals surface area contributed by atoms with Crippen LogP contribution in [0.25, 0.3) is 0 Å². The summed E-state index contributed by atoms with van der Waals surface area (Å²) < 4.78 is 0. The van der Waals surface area contributed by atoms with Gasteiger partial charge in [0.15, 0.2) is 0 Å². The van der Waals surface area contributed by atoms with Crippen LogP contribution in [0.15, 0.2) is 36.4 Å². The number of hydrogen-bond acceptors (Lipinski definition) is 2. The molecule has 0 bridgehead atoms. The second-order valence-corrected chi connectivity index (χ2v) is 17.3. The van der Waals surface area contributed by atoms with Gasteiger partial charge in [-0.25, -0.2) is 0 Å². The molecule has 2 aromatic rings. The lowest BCUT2D eigenvalue weighted by Gasteiger charge is -2.25. The maximum Gasteiger partial charge on any atom is 0.00471 e. The fraction of sp³-hybridized carbons (Fsp3) is 0.714. The summed E-state index contributed by atoms with van der Waals surface area (Å²) in [6.07, 6.45) is 32.1. The first-order valence-corrected chi connectivity index (χ1v) is 21.4. The van der Waals surface area contributed by atoms with E-state index in [9.17, 15) is 0 Å². The Kier molecular flexibility index (Phi) is 15.5. The van der Waals surface area contributed by atoms with E-state index in [2.05, 4.69) is 66.8 Å². The van der Waals surface area contributed by atoms with Crippen molar-refractivity contribution in [2.24, 2.45) is 5.92 Å². The van der Waals surface area contributed by atoms with Gasteiger partial charge >= 0.3 is 0 Å². The largest absolute Gasteiger partial charge is 0.162 e. The monoisotopic (exact) mass is 632 g/mol. The Morgan fingerprint density at radius 1 is 0.568 bits per heavy atom. The molecule has 0 saturated heterocycles. The van der Waals surface area contributed by atoms with Crippen molar-refractivity contribution in [2.45, 2.75) is 166 Å². The van der Waals surface area contributed by atoms with Crippen LogP contribution in [-0.4, -0.2) is 22.5 Å². The standard InChI is InChI=1S/C42H64S2/c1-2-27-43-28-25-40-32-35(21-22-37(40)30-34-15-10-6-5-7-11-16-34)31-38-23-24-39(36-17-12-8-3-4-9-13-18-36)33-41(38)26-29-44-42-19-14-20-42/h21-24,32-34,36,42H,2-20,25-31H2,1H3. The first kappa shape index (κ1) is 34.5. The maximum atomic E-state index is 2.69. The van der Waals surface area contributed by atoms with Crippen molar-refractivity contribution in [3.63, 3.8) is 0 Å². The molecule has 5 rings (SSSR count). The highest BCUT2D eigenvalue weighted by molar-refractivity contribution is 8.00. The van der Waals surface area contributed by atoms with Crippen LogP contribution in [0.3, 0.4) is 0 Å². The predicted octanol–water partition coefficient (Wildman–Crippen LogP) is 12.9. The first-order valence-electron chi connectivity index (χ1n) is 19.2. The Morgan fingerprint density at radius 2 is 1.20 bits per heavy atom. The topological polar surface area (TPSA) is 0 Å². The molecule has 3 aliphatic carbocycles. The van der Waals surface area contributed by atoms with E-state index >= 15 is 0 Å². The molecule has 0 amide bonds. The molecule has 0 heterocycles. The minimum Gasteiger partial charge on any atom is -0.162 e. The van der Waals surface area contributed by atoms with Gasteiger partial charge in [-0.15, -0.1) is 0 Å². The van der Waals surface area contributed by atoms with Gasteiger partial charge in [-0.05, 0) is 120 Å². The van der Waals surface area contributed by atoms with Gasteiger partial charge in [0.05, 0.1) is 0 Å². The first-order chi connectivity index (χ1) is 21.8. The smallest absolute Gasteiger partial charge is 0.00471 e. The Hall–Kier alpha value is -0.860. The molecule has 0 nitrogen and oxygen atoms in total. The summed E-state index contributed by atoms with van der Waals surface area (Å²) in [4.78, 5) is 0. The van der Waals surface area contributed by atoms with Gasteiger partial charge in [0.1, 0.15) is 0 Å². The molecular formula is C42H64S2. The molecule has 2 aromatic carbocycles. The van der Waals surface area contributed by atoms with Crippen LogP contribution in [-0.2, 0) is 25.7 Å². The summed E-state index contributed by atoms with van der Waals surface area (Å²) >= 11 is 4.41. The van der Waals surface area contributed by atoms with Crippen molar-refractivity contribution in [1.29, 1.82) is 0 Å². The molecule has 0 aromatic heterocycles. The Balaban J connectivity index is 1.33. The van der Waals surface area contributed by atoms with E-state index in [0.717, 1.165) is 23.5 Å². The van der Waals surface area contributed by atoms with Crippen molar-refractivity contribution in [2.75, 3.05) is 17.3 Å². The zero-order chi connectivity index (χ0) is 30.2. The van der Waals surface area contributed by atoms with Crippen LogP contribution in [0.1, 0.15) is 168 Å². The van der Waals surface area contributed by atoms with Gasteiger partial charge in [-0.1, -0.05) is 133 Å². The van der Waals surface area contributed by atoms with E-state index in [4.69, 9.17) is 0 Å². The number of thioether (sulfide) groups is 2. The van der Waals surface area contributed by atoms with Crippen LogP contribution in [0.2, 0.25) is 0 Å². The summed E-state index contributed by atoms with van der Waals surface area (Å²) in [6.45, 7) is 2.32. The third-order valence-electron chi connectivity index (χ3n) is 11.1. The molecule has 2 heteroatoms. The highest BCUT2D eigenvalue weighted by atomic mass is 32.2. The Morgan fingerprint density at radius 3 is 1.89 bits per heavy atom. The number of aryl methyl sites for hydroxylation is 2. The lowest BCUT2D eigenvalue weighted by molar-refractivity contribution is 0.376. The van der Waals surface area contributed by atoms with E-state index in [0.29, 0.717) is 0 Å². The van der Waals surface area contributed by atoms with E-state index in [-0.39, 0.29) is 0 Å². The molecule has 0 N–H and O–H groups in total. The third kappa shape index (κ3) is 11.4. The molecule has 0 atom stereocenters. The predicted molar refractivity (Wildman–Crippen MR) is 200 cm³/mol. The summed E-state index contributed by atoms with van der Waals surface area (Å²) in [6, 6.07) is 15.5. The van der Waals surface area contributed by atoms with Crippen molar-refractivity contribution < 1.29 is 0 Å². The number of hydrogen-bond donors (Lipinski definition) is 0.